The zero-order valence-corrected chi connectivity index (χ0v) is 14.8. The quantitative estimate of drug-likeness (QED) is 0.564. The van der Waals surface area contributed by atoms with Crippen LogP contribution in [-0.4, -0.2) is 25.0 Å². The largest absolute Gasteiger partial charge is 0.380 e. The molecule has 122 valence electrons. The molecular weight excluding hydrogens is 256 g/mol. The minimum absolute atomic E-state index is 0.481. The number of nitrogens with two attached hydrogens (primary N) is 1. The lowest BCUT2D eigenvalue weighted by molar-refractivity contribution is 0.408. The maximum absolute atomic E-state index is 5.54. The summed E-state index contributed by atoms with van der Waals surface area (Å²) in [6.07, 6.45) is 17.0. The molecule has 2 heteroatoms. The van der Waals surface area contributed by atoms with Crippen molar-refractivity contribution in [1.29, 1.82) is 0 Å². The van der Waals surface area contributed by atoms with E-state index in [4.69, 9.17) is 5.73 Å². The van der Waals surface area contributed by atoms with Gasteiger partial charge in [0.05, 0.1) is 0 Å². The van der Waals surface area contributed by atoms with Crippen molar-refractivity contribution in [3.63, 3.8) is 0 Å². The summed E-state index contributed by atoms with van der Waals surface area (Å²) in [7, 11) is 2.15. The summed E-state index contributed by atoms with van der Waals surface area (Å²) in [5.41, 5.74) is 5.54. The van der Waals surface area contributed by atoms with Crippen molar-refractivity contribution in [3.05, 3.63) is 36.6 Å². The van der Waals surface area contributed by atoms with E-state index in [1.165, 1.54) is 6.42 Å². The smallest absolute Gasteiger partial charge is 0.0229 e. The van der Waals surface area contributed by atoms with E-state index in [9.17, 15) is 0 Å². The van der Waals surface area contributed by atoms with Crippen LogP contribution >= 0.6 is 0 Å². The summed E-state index contributed by atoms with van der Waals surface area (Å²) >= 11 is 0. The van der Waals surface area contributed by atoms with Gasteiger partial charge in [-0.25, -0.2) is 0 Å². The minimum Gasteiger partial charge on any atom is -0.380 e. The highest BCUT2D eigenvalue weighted by Crippen LogP contribution is 2.10. The van der Waals surface area contributed by atoms with Crippen LogP contribution in [0.3, 0.4) is 0 Å². The zero-order chi connectivity index (χ0) is 16.1. The highest BCUT2D eigenvalue weighted by Gasteiger charge is 2.00. The summed E-state index contributed by atoms with van der Waals surface area (Å²) in [6.45, 7) is 10.8. The number of hydrogen-bond acceptors (Lipinski definition) is 2. The molecular formula is C19H36N2. The summed E-state index contributed by atoms with van der Waals surface area (Å²) in [6, 6.07) is 0. The van der Waals surface area contributed by atoms with Gasteiger partial charge in [0.15, 0.2) is 0 Å². The third kappa shape index (κ3) is 12.4. The van der Waals surface area contributed by atoms with Gasteiger partial charge in [0, 0.05) is 13.6 Å². The van der Waals surface area contributed by atoms with Crippen LogP contribution in [0.1, 0.15) is 47.0 Å². The number of nitrogens with zero attached hydrogens (tertiary/aromatic N) is 1. The SMILES string of the molecule is CC/C=C\[C@H](C)CN(C)/C=C/[C@H](C)/C=C\[C@@H](C)CCCN. The Kier molecular flexibility index (Phi) is 12.1. The average molecular weight is 293 g/mol. The van der Waals surface area contributed by atoms with Gasteiger partial charge >= 0.3 is 0 Å². The molecule has 0 aromatic carbocycles. The van der Waals surface area contributed by atoms with E-state index in [-0.39, 0.29) is 0 Å². The topological polar surface area (TPSA) is 29.3 Å². The lowest BCUT2D eigenvalue weighted by atomic mass is 10.0. The fourth-order valence-electron chi connectivity index (χ4n) is 2.19. The molecule has 0 aromatic rings. The van der Waals surface area contributed by atoms with E-state index >= 15 is 0 Å². The molecule has 0 fully saturated rings. The molecule has 2 N–H and O–H groups in total. The molecule has 0 saturated heterocycles. The van der Waals surface area contributed by atoms with Crippen LogP contribution in [0.15, 0.2) is 36.6 Å². The molecule has 3 atom stereocenters. The Morgan fingerprint density at radius 1 is 1.00 bits per heavy atom. The fraction of sp³-hybridized carbons (Fsp3) is 0.684. The second kappa shape index (κ2) is 12.7. The molecule has 0 aliphatic heterocycles. The van der Waals surface area contributed by atoms with Gasteiger partial charge in [-0.1, -0.05) is 58.1 Å². The lowest BCUT2D eigenvalue weighted by Gasteiger charge is -2.17. The summed E-state index contributed by atoms with van der Waals surface area (Å²) in [5, 5.41) is 0. The van der Waals surface area contributed by atoms with Crippen molar-refractivity contribution >= 4 is 0 Å². The van der Waals surface area contributed by atoms with E-state index in [2.05, 4.69) is 76.2 Å². The Morgan fingerprint density at radius 3 is 2.33 bits per heavy atom. The highest BCUT2D eigenvalue weighted by molar-refractivity contribution is 5.00. The molecule has 0 radical (unpaired) electrons. The first-order valence-electron chi connectivity index (χ1n) is 8.43. The maximum Gasteiger partial charge on any atom is 0.0229 e. The van der Waals surface area contributed by atoms with E-state index in [0.717, 1.165) is 25.9 Å². The van der Waals surface area contributed by atoms with Crippen LogP contribution in [0.25, 0.3) is 0 Å². The van der Waals surface area contributed by atoms with E-state index < -0.39 is 0 Å². The number of allylic oxidation sites excluding steroid dienone is 4. The van der Waals surface area contributed by atoms with Gasteiger partial charge in [-0.05, 0) is 49.8 Å². The van der Waals surface area contributed by atoms with Gasteiger partial charge in [-0.2, -0.15) is 0 Å². The molecule has 0 aliphatic carbocycles. The van der Waals surface area contributed by atoms with Crippen LogP contribution in [-0.2, 0) is 0 Å². The van der Waals surface area contributed by atoms with Gasteiger partial charge in [-0.3, -0.25) is 0 Å². The molecule has 0 rings (SSSR count). The Bertz CT molecular complexity index is 318. The van der Waals surface area contributed by atoms with Gasteiger partial charge < -0.3 is 10.6 Å². The van der Waals surface area contributed by atoms with Crippen molar-refractivity contribution in [1.82, 2.24) is 4.90 Å². The Balaban J connectivity index is 4.09. The van der Waals surface area contributed by atoms with Crippen LogP contribution in [0.4, 0.5) is 0 Å². The van der Waals surface area contributed by atoms with Crippen molar-refractivity contribution in [2.45, 2.75) is 47.0 Å². The molecule has 0 spiro atoms. The third-order valence-corrected chi connectivity index (χ3v) is 3.53. The monoisotopic (exact) mass is 292 g/mol. The van der Waals surface area contributed by atoms with Crippen LogP contribution in [0.5, 0.6) is 0 Å². The van der Waals surface area contributed by atoms with Crippen LogP contribution in [0.2, 0.25) is 0 Å². The zero-order valence-electron chi connectivity index (χ0n) is 14.8. The summed E-state index contributed by atoms with van der Waals surface area (Å²) < 4.78 is 0. The van der Waals surface area contributed by atoms with E-state index in [0.29, 0.717) is 17.8 Å². The summed E-state index contributed by atoms with van der Waals surface area (Å²) in [4.78, 5) is 2.27. The molecule has 0 amide bonds. The summed E-state index contributed by atoms with van der Waals surface area (Å²) in [5.74, 6) is 1.71. The Hall–Kier alpha value is -1.02. The lowest BCUT2D eigenvalue weighted by Crippen LogP contribution is -2.17. The Labute approximate surface area is 132 Å². The van der Waals surface area contributed by atoms with Gasteiger partial charge in [0.2, 0.25) is 0 Å². The molecule has 0 unspecified atom stereocenters. The molecule has 0 heterocycles. The van der Waals surface area contributed by atoms with Crippen molar-refractivity contribution in [2.24, 2.45) is 23.5 Å². The van der Waals surface area contributed by atoms with Gasteiger partial charge in [0.25, 0.3) is 0 Å². The standard InChI is InChI=1S/C19H36N2/c1-6-7-9-19(4)16-21(5)15-13-18(3)12-11-17(2)10-8-14-20/h7,9,11-13,15,17-19H,6,8,10,14,16,20H2,1-5H3/b9-7-,12-11-,15-13+/t17-,18+,19-/m0/s1. The highest BCUT2D eigenvalue weighted by atomic mass is 15.1. The molecule has 2 nitrogen and oxygen atoms in total. The number of hydrogen-bond donors (Lipinski definition) is 1. The van der Waals surface area contributed by atoms with E-state index in [1.807, 2.05) is 0 Å². The maximum atomic E-state index is 5.54. The van der Waals surface area contributed by atoms with Crippen LogP contribution in [0, 0.1) is 17.8 Å². The first-order valence-corrected chi connectivity index (χ1v) is 8.43. The normalized spacial score (nSPS) is 16.9. The second-order valence-electron chi connectivity index (χ2n) is 6.25. The molecule has 0 aromatic heterocycles. The third-order valence-electron chi connectivity index (χ3n) is 3.53. The first-order chi connectivity index (χ1) is 9.99. The predicted molar refractivity (Wildman–Crippen MR) is 96.1 cm³/mol. The first kappa shape index (κ1) is 20.0. The van der Waals surface area contributed by atoms with E-state index in [1.54, 1.807) is 0 Å². The molecule has 0 bridgehead atoms. The predicted octanol–water partition coefficient (Wildman–Crippen LogP) is 4.60. The average Bonchev–Trinajstić information content (AvgIpc) is 2.46. The number of rotatable bonds is 11. The van der Waals surface area contributed by atoms with Crippen molar-refractivity contribution in [2.75, 3.05) is 20.1 Å². The second-order valence-corrected chi connectivity index (χ2v) is 6.25. The molecule has 21 heavy (non-hydrogen) atoms. The van der Waals surface area contributed by atoms with Crippen molar-refractivity contribution in [3.8, 4) is 0 Å². The molecule has 0 aliphatic rings. The van der Waals surface area contributed by atoms with Crippen LogP contribution < -0.4 is 5.73 Å². The van der Waals surface area contributed by atoms with Gasteiger partial charge in [0.1, 0.15) is 0 Å². The minimum atomic E-state index is 0.481. The fourth-order valence-corrected chi connectivity index (χ4v) is 2.19. The molecule has 0 saturated carbocycles. The van der Waals surface area contributed by atoms with Crippen molar-refractivity contribution < 1.29 is 0 Å². The van der Waals surface area contributed by atoms with Gasteiger partial charge in [-0.15, -0.1) is 0 Å². The Morgan fingerprint density at radius 2 is 1.71 bits per heavy atom.